The summed E-state index contributed by atoms with van der Waals surface area (Å²) in [5.74, 6) is 0.601. The molecule has 0 fully saturated rings. The highest BCUT2D eigenvalue weighted by Gasteiger charge is 2.15. The van der Waals surface area contributed by atoms with Crippen molar-refractivity contribution in [3.8, 4) is 11.4 Å². The Hall–Kier alpha value is -2.72. The number of rotatable bonds is 6. The maximum absolute atomic E-state index is 12.2. The number of anilines is 1. The second-order valence-corrected chi connectivity index (χ2v) is 7.79. The number of nitrogens with one attached hydrogen (secondary N) is 1. The molecule has 3 aromatic rings. The van der Waals surface area contributed by atoms with Crippen LogP contribution in [0.1, 0.15) is 5.56 Å². The SMILES string of the molecule is Cc1ccc(-c2nnc(SCC(=O)Nc3ccc([N+](=O)[O-])cc3Br)n2C)cc1. The van der Waals surface area contributed by atoms with E-state index in [9.17, 15) is 14.9 Å². The van der Waals surface area contributed by atoms with Gasteiger partial charge in [-0.15, -0.1) is 10.2 Å². The second kappa shape index (κ2) is 8.53. The lowest BCUT2D eigenvalue weighted by atomic mass is 10.1. The van der Waals surface area contributed by atoms with Crippen molar-refractivity contribution in [2.24, 2.45) is 7.05 Å². The number of aryl methyl sites for hydroxylation is 1. The number of carbonyl (C=O) groups is 1. The first-order valence-electron chi connectivity index (χ1n) is 8.18. The number of carbonyl (C=O) groups excluding carboxylic acids is 1. The van der Waals surface area contributed by atoms with Crippen LogP contribution in [0.25, 0.3) is 11.4 Å². The fourth-order valence-electron chi connectivity index (χ4n) is 2.43. The average Bonchev–Trinajstić information content (AvgIpc) is 3.03. The minimum absolute atomic E-state index is 0.0537. The third-order valence-electron chi connectivity index (χ3n) is 3.91. The summed E-state index contributed by atoms with van der Waals surface area (Å²) in [6, 6.07) is 12.1. The van der Waals surface area contributed by atoms with Crippen LogP contribution in [0.15, 0.2) is 52.1 Å². The van der Waals surface area contributed by atoms with Crippen LogP contribution >= 0.6 is 27.7 Å². The predicted octanol–water partition coefficient (Wildman–Crippen LogP) is 4.19. The molecule has 0 aliphatic carbocycles. The van der Waals surface area contributed by atoms with Crippen molar-refractivity contribution in [1.29, 1.82) is 0 Å². The van der Waals surface area contributed by atoms with E-state index in [1.807, 2.05) is 42.8 Å². The van der Waals surface area contributed by atoms with Gasteiger partial charge in [0.25, 0.3) is 5.69 Å². The highest BCUT2D eigenvalue weighted by Crippen LogP contribution is 2.28. The molecule has 8 nitrogen and oxygen atoms in total. The summed E-state index contributed by atoms with van der Waals surface area (Å²) in [6.07, 6.45) is 0. The molecule has 10 heteroatoms. The first-order valence-corrected chi connectivity index (χ1v) is 9.96. The zero-order valence-electron chi connectivity index (χ0n) is 15.0. The summed E-state index contributed by atoms with van der Waals surface area (Å²) in [5.41, 5.74) is 2.53. The van der Waals surface area contributed by atoms with Gasteiger partial charge in [-0.25, -0.2) is 0 Å². The van der Waals surface area contributed by atoms with Gasteiger partial charge in [0.1, 0.15) is 0 Å². The molecule has 0 aliphatic heterocycles. The lowest BCUT2D eigenvalue weighted by molar-refractivity contribution is -0.384. The molecular weight excluding hydrogens is 446 g/mol. The Morgan fingerprint density at radius 1 is 1.25 bits per heavy atom. The van der Waals surface area contributed by atoms with Gasteiger partial charge in [0.2, 0.25) is 5.91 Å². The van der Waals surface area contributed by atoms with Gasteiger partial charge in [0.15, 0.2) is 11.0 Å². The number of thioether (sulfide) groups is 1. The molecule has 3 rings (SSSR count). The van der Waals surface area contributed by atoms with Crippen molar-refractivity contribution in [2.75, 3.05) is 11.1 Å². The number of halogens is 1. The van der Waals surface area contributed by atoms with E-state index in [0.717, 1.165) is 17.0 Å². The van der Waals surface area contributed by atoms with Crippen molar-refractivity contribution >= 4 is 45.0 Å². The van der Waals surface area contributed by atoms with E-state index in [4.69, 9.17) is 0 Å². The Morgan fingerprint density at radius 2 is 1.96 bits per heavy atom. The van der Waals surface area contributed by atoms with Crippen molar-refractivity contribution < 1.29 is 9.72 Å². The number of hydrogen-bond acceptors (Lipinski definition) is 6. The molecule has 1 amide bonds. The predicted molar refractivity (Wildman–Crippen MR) is 111 cm³/mol. The minimum atomic E-state index is -0.494. The molecule has 0 saturated heterocycles. The van der Waals surface area contributed by atoms with Crippen molar-refractivity contribution in [2.45, 2.75) is 12.1 Å². The Morgan fingerprint density at radius 3 is 2.61 bits per heavy atom. The molecular formula is C18H16BrN5O3S. The molecule has 0 aliphatic rings. The van der Waals surface area contributed by atoms with Gasteiger partial charge in [0, 0.05) is 29.2 Å². The smallest absolute Gasteiger partial charge is 0.270 e. The largest absolute Gasteiger partial charge is 0.324 e. The standard InChI is InChI=1S/C18H16BrN5O3S/c1-11-3-5-12(6-4-11)17-21-22-18(23(17)2)28-10-16(25)20-15-8-7-13(24(26)27)9-14(15)19/h3-9H,10H2,1-2H3,(H,20,25). The molecule has 1 aromatic heterocycles. The normalized spacial score (nSPS) is 10.7. The highest BCUT2D eigenvalue weighted by atomic mass is 79.9. The van der Waals surface area contributed by atoms with E-state index in [-0.39, 0.29) is 17.3 Å². The minimum Gasteiger partial charge on any atom is -0.324 e. The van der Waals surface area contributed by atoms with Crippen molar-refractivity contribution in [3.05, 3.63) is 62.6 Å². The molecule has 28 heavy (non-hydrogen) atoms. The monoisotopic (exact) mass is 461 g/mol. The lowest BCUT2D eigenvalue weighted by Gasteiger charge is -2.07. The first kappa shape index (κ1) is 20.0. The molecule has 0 radical (unpaired) electrons. The molecule has 0 spiro atoms. The van der Waals surface area contributed by atoms with Crippen LogP contribution in [0.2, 0.25) is 0 Å². The van der Waals surface area contributed by atoms with Crippen molar-refractivity contribution in [3.63, 3.8) is 0 Å². The van der Waals surface area contributed by atoms with Gasteiger partial charge in [0.05, 0.1) is 16.4 Å². The maximum Gasteiger partial charge on any atom is 0.270 e. The number of aromatic nitrogens is 3. The van der Waals surface area contributed by atoms with Crippen LogP contribution in [0.5, 0.6) is 0 Å². The maximum atomic E-state index is 12.2. The van der Waals surface area contributed by atoms with E-state index >= 15 is 0 Å². The number of hydrogen-bond donors (Lipinski definition) is 1. The zero-order chi connectivity index (χ0) is 20.3. The number of amides is 1. The third kappa shape index (κ3) is 4.57. The Labute approximate surface area is 173 Å². The van der Waals surface area contributed by atoms with Gasteiger partial charge in [-0.1, -0.05) is 41.6 Å². The number of nitro benzene ring substituents is 1. The molecule has 2 aromatic carbocycles. The molecule has 0 atom stereocenters. The van der Waals surface area contributed by atoms with Gasteiger partial charge in [-0.2, -0.15) is 0 Å². The number of nitrogens with zero attached hydrogens (tertiary/aromatic N) is 4. The zero-order valence-corrected chi connectivity index (χ0v) is 17.5. The fraction of sp³-hybridized carbons (Fsp3) is 0.167. The third-order valence-corrected chi connectivity index (χ3v) is 5.59. The van der Waals surface area contributed by atoms with E-state index < -0.39 is 4.92 Å². The summed E-state index contributed by atoms with van der Waals surface area (Å²) in [6.45, 7) is 2.02. The molecule has 0 saturated carbocycles. The average molecular weight is 462 g/mol. The second-order valence-electron chi connectivity index (χ2n) is 5.99. The lowest BCUT2D eigenvalue weighted by Crippen LogP contribution is -2.15. The van der Waals surface area contributed by atoms with Gasteiger partial charge < -0.3 is 9.88 Å². The van der Waals surface area contributed by atoms with Gasteiger partial charge >= 0.3 is 0 Å². The molecule has 1 heterocycles. The summed E-state index contributed by atoms with van der Waals surface area (Å²) in [5, 5.41) is 22.5. The van der Waals surface area contributed by atoms with E-state index in [1.165, 1.54) is 30.0 Å². The highest BCUT2D eigenvalue weighted by molar-refractivity contribution is 9.10. The molecule has 144 valence electrons. The van der Waals surface area contributed by atoms with Crippen LogP contribution < -0.4 is 5.32 Å². The van der Waals surface area contributed by atoms with E-state index in [2.05, 4.69) is 31.4 Å². The van der Waals surface area contributed by atoms with Crippen LogP contribution in [-0.4, -0.2) is 31.3 Å². The number of nitro groups is 1. The molecule has 0 unspecified atom stereocenters. The van der Waals surface area contributed by atoms with E-state index in [0.29, 0.717) is 15.3 Å². The Balaban J connectivity index is 1.64. The van der Waals surface area contributed by atoms with Gasteiger partial charge in [-0.05, 0) is 28.9 Å². The molecule has 1 N–H and O–H groups in total. The first-order chi connectivity index (χ1) is 13.3. The van der Waals surface area contributed by atoms with Crippen LogP contribution in [0.3, 0.4) is 0 Å². The number of non-ortho nitro benzene ring substituents is 1. The van der Waals surface area contributed by atoms with E-state index in [1.54, 1.807) is 0 Å². The van der Waals surface area contributed by atoms with Gasteiger partial charge in [-0.3, -0.25) is 14.9 Å². The fourth-order valence-corrected chi connectivity index (χ4v) is 3.61. The summed E-state index contributed by atoms with van der Waals surface area (Å²) in [4.78, 5) is 22.5. The topological polar surface area (TPSA) is 103 Å². The van der Waals surface area contributed by atoms with Crippen LogP contribution in [0, 0.1) is 17.0 Å². The molecule has 0 bridgehead atoms. The Kier molecular flexibility index (Phi) is 6.10. The van der Waals surface area contributed by atoms with Crippen LogP contribution in [0.4, 0.5) is 11.4 Å². The van der Waals surface area contributed by atoms with Crippen LogP contribution in [-0.2, 0) is 11.8 Å². The van der Waals surface area contributed by atoms with Crippen molar-refractivity contribution in [1.82, 2.24) is 14.8 Å². The summed E-state index contributed by atoms with van der Waals surface area (Å²) < 4.78 is 2.28. The number of benzene rings is 2. The quantitative estimate of drug-likeness (QED) is 0.335. The summed E-state index contributed by atoms with van der Waals surface area (Å²) >= 11 is 4.49. The Bertz CT molecular complexity index is 1040. The summed E-state index contributed by atoms with van der Waals surface area (Å²) in [7, 11) is 1.85.